The standard InChI is InChI=1S/C26H17N7O2/c34-23-14-22(33-26(30-23)31-24(32-33)17-9-6-12-27-15-17)29-25(35)19-13-21(16-7-2-1-3-8-16)28-20-11-5-4-10-18(19)20/h1-15H,(H,29,35)(H,30,31,32,34). The topological polar surface area (TPSA) is 118 Å². The quantitative estimate of drug-likeness (QED) is 0.412. The van der Waals surface area contributed by atoms with Crippen molar-refractivity contribution < 1.29 is 4.79 Å². The zero-order valence-corrected chi connectivity index (χ0v) is 18.2. The third kappa shape index (κ3) is 3.80. The van der Waals surface area contributed by atoms with Crippen LogP contribution in [0, 0.1) is 0 Å². The zero-order chi connectivity index (χ0) is 23.8. The molecule has 4 heterocycles. The molecule has 0 saturated heterocycles. The Morgan fingerprint density at radius 3 is 2.51 bits per heavy atom. The summed E-state index contributed by atoms with van der Waals surface area (Å²) in [5.41, 5.74) is 2.95. The highest BCUT2D eigenvalue weighted by atomic mass is 16.2. The summed E-state index contributed by atoms with van der Waals surface area (Å²) in [5, 5.41) is 8.00. The predicted molar refractivity (Wildman–Crippen MR) is 132 cm³/mol. The van der Waals surface area contributed by atoms with Crippen molar-refractivity contribution in [1.29, 1.82) is 0 Å². The van der Waals surface area contributed by atoms with Crippen molar-refractivity contribution in [3.05, 3.63) is 107 Å². The molecule has 0 unspecified atom stereocenters. The second-order valence-electron chi connectivity index (χ2n) is 7.82. The molecule has 4 aromatic heterocycles. The first-order valence-corrected chi connectivity index (χ1v) is 10.8. The van der Waals surface area contributed by atoms with Gasteiger partial charge in [-0.3, -0.25) is 19.6 Å². The van der Waals surface area contributed by atoms with E-state index < -0.39 is 11.5 Å². The summed E-state index contributed by atoms with van der Waals surface area (Å²) >= 11 is 0. The number of H-pyrrole nitrogens is 1. The van der Waals surface area contributed by atoms with Crippen molar-refractivity contribution in [2.45, 2.75) is 0 Å². The lowest BCUT2D eigenvalue weighted by molar-refractivity contribution is 0.102. The normalized spacial score (nSPS) is 11.1. The summed E-state index contributed by atoms with van der Waals surface area (Å²) in [5.74, 6) is 0.372. The number of anilines is 1. The molecular weight excluding hydrogens is 442 g/mol. The SMILES string of the molecule is O=C(Nc1cc(=O)[nH]c2nc(-c3cccnc3)nn12)c1cc(-c2ccccc2)nc2ccccc12. The Hall–Kier alpha value is -5.18. The van der Waals surface area contributed by atoms with Crippen LogP contribution in [0.4, 0.5) is 5.82 Å². The summed E-state index contributed by atoms with van der Waals surface area (Å²) in [7, 11) is 0. The van der Waals surface area contributed by atoms with Crippen molar-refractivity contribution in [2.75, 3.05) is 5.32 Å². The maximum Gasteiger partial charge on any atom is 0.257 e. The van der Waals surface area contributed by atoms with Crippen LogP contribution in [0.25, 0.3) is 39.3 Å². The van der Waals surface area contributed by atoms with Crippen molar-refractivity contribution in [1.82, 2.24) is 29.5 Å². The van der Waals surface area contributed by atoms with Gasteiger partial charge >= 0.3 is 0 Å². The number of para-hydroxylation sites is 1. The number of pyridine rings is 2. The molecule has 9 nitrogen and oxygen atoms in total. The summed E-state index contributed by atoms with van der Waals surface area (Å²) in [6, 6.07) is 23.7. The minimum atomic E-state index is -0.414. The first kappa shape index (κ1) is 20.4. The molecule has 1 amide bonds. The van der Waals surface area contributed by atoms with Crippen LogP contribution in [-0.4, -0.2) is 35.5 Å². The van der Waals surface area contributed by atoms with E-state index in [2.05, 4.69) is 25.4 Å². The molecule has 0 aliphatic rings. The largest absolute Gasteiger partial charge is 0.306 e. The highest BCUT2D eigenvalue weighted by Crippen LogP contribution is 2.25. The Morgan fingerprint density at radius 2 is 1.69 bits per heavy atom. The van der Waals surface area contributed by atoms with E-state index in [0.29, 0.717) is 33.5 Å². The smallest absolute Gasteiger partial charge is 0.257 e. The molecule has 168 valence electrons. The number of aromatic nitrogens is 6. The van der Waals surface area contributed by atoms with Gasteiger partial charge in [0, 0.05) is 35.0 Å². The van der Waals surface area contributed by atoms with Gasteiger partial charge in [0.15, 0.2) is 5.82 Å². The lowest BCUT2D eigenvalue weighted by Gasteiger charge is -2.11. The van der Waals surface area contributed by atoms with Gasteiger partial charge in [0.05, 0.1) is 16.8 Å². The Kier molecular flexibility index (Phi) is 4.85. The lowest BCUT2D eigenvalue weighted by atomic mass is 10.0. The molecule has 0 aliphatic carbocycles. The molecule has 0 spiro atoms. The zero-order valence-electron chi connectivity index (χ0n) is 18.2. The first-order valence-electron chi connectivity index (χ1n) is 10.8. The van der Waals surface area contributed by atoms with Gasteiger partial charge in [-0.1, -0.05) is 48.5 Å². The number of rotatable bonds is 4. The molecule has 35 heavy (non-hydrogen) atoms. The Balaban J connectivity index is 1.45. The van der Waals surface area contributed by atoms with Crippen LogP contribution in [0.1, 0.15) is 10.4 Å². The van der Waals surface area contributed by atoms with Crippen LogP contribution >= 0.6 is 0 Å². The van der Waals surface area contributed by atoms with E-state index in [1.165, 1.54) is 10.6 Å². The number of amides is 1. The van der Waals surface area contributed by atoms with E-state index in [1.807, 2.05) is 60.7 Å². The highest BCUT2D eigenvalue weighted by molar-refractivity contribution is 6.12. The third-order valence-electron chi connectivity index (χ3n) is 5.53. The number of nitrogens with one attached hydrogen (secondary N) is 2. The molecule has 6 aromatic rings. The van der Waals surface area contributed by atoms with Gasteiger partial charge in [-0.2, -0.15) is 9.50 Å². The van der Waals surface area contributed by atoms with Gasteiger partial charge in [-0.05, 0) is 24.3 Å². The third-order valence-corrected chi connectivity index (χ3v) is 5.53. The van der Waals surface area contributed by atoms with Crippen LogP contribution in [0.15, 0.2) is 96.1 Å². The number of carbonyl (C=O) groups is 1. The van der Waals surface area contributed by atoms with E-state index in [1.54, 1.807) is 24.5 Å². The lowest BCUT2D eigenvalue weighted by Crippen LogP contribution is -2.19. The molecule has 0 atom stereocenters. The van der Waals surface area contributed by atoms with Crippen molar-refractivity contribution in [3.63, 3.8) is 0 Å². The van der Waals surface area contributed by atoms with Gasteiger partial charge in [-0.25, -0.2) is 4.98 Å². The Labute approximate surface area is 198 Å². The summed E-state index contributed by atoms with van der Waals surface area (Å²) in [6.07, 6.45) is 3.27. The predicted octanol–water partition coefficient (Wildman–Crippen LogP) is 3.95. The molecule has 6 rings (SSSR count). The van der Waals surface area contributed by atoms with Gasteiger partial charge in [0.1, 0.15) is 5.82 Å². The van der Waals surface area contributed by atoms with Gasteiger partial charge in [-0.15, -0.1) is 5.10 Å². The number of carbonyl (C=O) groups excluding carboxylic acids is 1. The van der Waals surface area contributed by atoms with E-state index in [9.17, 15) is 9.59 Å². The number of fused-ring (bicyclic) bond motifs is 2. The molecule has 0 aliphatic heterocycles. The summed E-state index contributed by atoms with van der Waals surface area (Å²) in [6.45, 7) is 0. The minimum absolute atomic E-state index is 0.193. The van der Waals surface area contributed by atoms with Crippen LogP contribution in [0.2, 0.25) is 0 Å². The summed E-state index contributed by atoms with van der Waals surface area (Å²) in [4.78, 5) is 41.7. The minimum Gasteiger partial charge on any atom is -0.306 e. The number of benzene rings is 2. The number of nitrogens with zero attached hydrogens (tertiary/aromatic N) is 5. The molecule has 2 aromatic carbocycles. The second kappa shape index (κ2) is 8.31. The van der Waals surface area contributed by atoms with Gasteiger partial charge < -0.3 is 5.32 Å². The molecular formula is C26H17N7O2. The fourth-order valence-corrected chi connectivity index (χ4v) is 3.90. The highest BCUT2D eigenvalue weighted by Gasteiger charge is 2.17. The maximum atomic E-state index is 13.5. The number of hydrogen-bond donors (Lipinski definition) is 2. The molecule has 0 fully saturated rings. The fourth-order valence-electron chi connectivity index (χ4n) is 3.90. The Bertz CT molecular complexity index is 1760. The molecule has 0 radical (unpaired) electrons. The number of aromatic amines is 1. The van der Waals surface area contributed by atoms with E-state index >= 15 is 0 Å². The molecule has 2 N–H and O–H groups in total. The average Bonchev–Trinajstić information content (AvgIpc) is 3.33. The van der Waals surface area contributed by atoms with Gasteiger partial charge in [0.25, 0.3) is 11.5 Å². The van der Waals surface area contributed by atoms with Crippen molar-refractivity contribution in [2.24, 2.45) is 0 Å². The van der Waals surface area contributed by atoms with E-state index in [-0.39, 0.29) is 11.6 Å². The van der Waals surface area contributed by atoms with Crippen LogP contribution in [-0.2, 0) is 0 Å². The Morgan fingerprint density at radius 1 is 0.886 bits per heavy atom. The fraction of sp³-hybridized carbons (Fsp3) is 0. The van der Waals surface area contributed by atoms with E-state index in [4.69, 9.17) is 4.98 Å². The number of hydrogen-bond acceptors (Lipinski definition) is 6. The van der Waals surface area contributed by atoms with Crippen molar-refractivity contribution in [3.8, 4) is 22.6 Å². The molecule has 0 bridgehead atoms. The van der Waals surface area contributed by atoms with Crippen LogP contribution in [0.5, 0.6) is 0 Å². The monoisotopic (exact) mass is 459 g/mol. The first-order chi connectivity index (χ1) is 17.2. The second-order valence-corrected chi connectivity index (χ2v) is 7.82. The van der Waals surface area contributed by atoms with Crippen molar-refractivity contribution >= 4 is 28.4 Å². The molecule has 9 heteroatoms. The summed E-state index contributed by atoms with van der Waals surface area (Å²) < 4.78 is 1.39. The maximum absolute atomic E-state index is 13.5. The van der Waals surface area contributed by atoms with E-state index in [0.717, 1.165) is 5.56 Å². The molecule has 0 saturated carbocycles. The average molecular weight is 459 g/mol. The van der Waals surface area contributed by atoms with Crippen LogP contribution in [0.3, 0.4) is 0 Å². The van der Waals surface area contributed by atoms with Gasteiger partial charge in [0.2, 0.25) is 5.78 Å². The van der Waals surface area contributed by atoms with Crippen LogP contribution < -0.4 is 10.9 Å².